The van der Waals surface area contributed by atoms with Crippen LogP contribution < -0.4 is 4.74 Å². The molecule has 0 radical (unpaired) electrons. The van der Waals surface area contributed by atoms with Gasteiger partial charge in [0.2, 0.25) is 0 Å². The molecule has 112 valence electrons. The first-order valence-electron chi connectivity index (χ1n) is 7.09. The van der Waals surface area contributed by atoms with Crippen LogP contribution in [0, 0.1) is 0 Å². The summed E-state index contributed by atoms with van der Waals surface area (Å²) >= 11 is 0. The number of aromatic amines is 1. The number of H-pyrrole nitrogens is 1. The lowest BCUT2D eigenvalue weighted by molar-refractivity contribution is 0.0697. The maximum Gasteiger partial charge on any atom is 0.335 e. The molecule has 1 aromatic heterocycles. The molecule has 3 aromatic rings. The van der Waals surface area contributed by atoms with E-state index in [0.717, 1.165) is 28.2 Å². The molecule has 5 heteroatoms. The summed E-state index contributed by atoms with van der Waals surface area (Å²) < 4.78 is 5.42. The number of imidazole rings is 1. The van der Waals surface area contributed by atoms with Gasteiger partial charge >= 0.3 is 5.97 Å². The van der Waals surface area contributed by atoms with Crippen molar-refractivity contribution in [1.29, 1.82) is 0 Å². The minimum absolute atomic E-state index is 0.253. The zero-order valence-electron chi connectivity index (χ0n) is 12.2. The highest BCUT2D eigenvalue weighted by Gasteiger charge is 2.08. The van der Waals surface area contributed by atoms with E-state index in [4.69, 9.17) is 9.84 Å². The van der Waals surface area contributed by atoms with Crippen LogP contribution in [0.3, 0.4) is 0 Å². The summed E-state index contributed by atoms with van der Waals surface area (Å²) in [6, 6.07) is 12.8. The van der Waals surface area contributed by atoms with Crippen LogP contribution in [0.4, 0.5) is 0 Å². The highest BCUT2D eigenvalue weighted by Crippen LogP contribution is 2.18. The van der Waals surface area contributed by atoms with Crippen molar-refractivity contribution in [2.45, 2.75) is 13.3 Å². The molecular weight excluding hydrogens is 280 g/mol. The van der Waals surface area contributed by atoms with Crippen LogP contribution in [-0.4, -0.2) is 27.7 Å². The van der Waals surface area contributed by atoms with Gasteiger partial charge in [-0.3, -0.25) is 0 Å². The van der Waals surface area contributed by atoms with E-state index in [1.165, 1.54) is 0 Å². The molecule has 0 saturated heterocycles. The first kappa shape index (κ1) is 14.1. The van der Waals surface area contributed by atoms with Gasteiger partial charge in [0, 0.05) is 6.42 Å². The Morgan fingerprint density at radius 2 is 2.00 bits per heavy atom. The van der Waals surface area contributed by atoms with Crippen LogP contribution in [0.1, 0.15) is 28.7 Å². The van der Waals surface area contributed by atoms with E-state index in [1.807, 2.05) is 31.2 Å². The molecule has 0 aliphatic rings. The summed E-state index contributed by atoms with van der Waals surface area (Å²) in [4.78, 5) is 18.6. The minimum atomic E-state index is -0.940. The Morgan fingerprint density at radius 1 is 1.23 bits per heavy atom. The van der Waals surface area contributed by atoms with Gasteiger partial charge < -0.3 is 14.8 Å². The van der Waals surface area contributed by atoms with E-state index in [-0.39, 0.29) is 5.56 Å². The van der Waals surface area contributed by atoms with Crippen molar-refractivity contribution in [2.24, 2.45) is 0 Å². The van der Waals surface area contributed by atoms with Crippen molar-refractivity contribution in [2.75, 3.05) is 6.61 Å². The third-order valence-corrected chi connectivity index (χ3v) is 3.38. The average Bonchev–Trinajstić information content (AvgIpc) is 2.90. The molecule has 0 amide bonds. The smallest absolute Gasteiger partial charge is 0.335 e. The quantitative estimate of drug-likeness (QED) is 0.758. The summed E-state index contributed by atoms with van der Waals surface area (Å²) in [5.41, 5.74) is 2.87. The number of hydrogen-bond donors (Lipinski definition) is 2. The Labute approximate surface area is 127 Å². The van der Waals surface area contributed by atoms with Crippen LogP contribution in [0.25, 0.3) is 11.0 Å². The number of carboxylic acid groups (broad SMARTS) is 1. The Balaban J connectivity index is 1.82. The molecule has 22 heavy (non-hydrogen) atoms. The molecular formula is C17H16N2O3. The highest BCUT2D eigenvalue weighted by atomic mass is 16.5. The summed E-state index contributed by atoms with van der Waals surface area (Å²) in [6.45, 7) is 2.60. The molecule has 0 saturated carbocycles. The molecule has 2 N–H and O–H groups in total. The van der Waals surface area contributed by atoms with E-state index in [0.29, 0.717) is 13.0 Å². The number of aromatic carboxylic acids is 1. The molecule has 0 unspecified atom stereocenters. The van der Waals surface area contributed by atoms with Crippen molar-refractivity contribution in [3.63, 3.8) is 0 Å². The Bertz CT molecular complexity index is 806. The predicted octanol–water partition coefficient (Wildman–Crippen LogP) is 3.25. The second-order valence-corrected chi connectivity index (χ2v) is 4.97. The number of rotatable bonds is 5. The minimum Gasteiger partial charge on any atom is -0.494 e. The summed E-state index contributed by atoms with van der Waals surface area (Å²) in [5, 5.41) is 9.01. The van der Waals surface area contributed by atoms with Crippen molar-refractivity contribution in [3.8, 4) is 5.75 Å². The zero-order chi connectivity index (χ0) is 15.5. The number of carbonyl (C=O) groups is 1. The van der Waals surface area contributed by atoms with Gasteiger partial charge in [0.1, 0.15) is 11.6 Å². The second kappa shape index (κ2) is 5.89. The number of nitrogens with zero attached hydrogens (tertiary/aromatic N) is 1. The lowest BCUT2D eigenvalue weighted by Gasteiger charge is -2.03. The highest BCUT2D eigenvalue weighted by molar-refractivity contribution is 5.92. The number of hydrogen-bond acceptors (Lipinski definition) is 3. The van der Waals surface area contributed by atoms with Crippen LogP contribution in [0.5, 0.6) is 5.75 Å². The second-order valence-electron chi connectivity index (χ2n) is 4.97. The van der Waals surface area contributed by atoms with Gasteiger partial charge in [0.05, 0.1) is 23.2 Å². The van der Waals surface area contributed by atoms with E-state index >= 15 is 0 Å². The maximum absolute atomic E-state index is 11.0. The van der Waals surface area contributed by atoms with Gasteiger partial charge in [0.15, 0.2) is 0 Å². The molecule has 2 aromatic carbocycles. The fourth-order valence-electron chi connectivity index (χ4n) is 2.34. The molecule has 1 heterocycles. The Hall–Kier alpha value is -2.82. The zero-order valence-corrected chi connectivity index (χ0v) is 12.2. The maximum atomic E-state index is 11.0. The largest absolute Gasteiger partial charge is 0.494 e. The van der Waals surface area contributed by atoms with Gasteiger partial charge in [0.25, 0.3) is 0 Å². The average molecular weight is 296 g/mol. The number of aromatic nitrogens is 2. The van der Waals surface area contributed by atoms with E-state index in [9.17, 15) is 4.79 Å². The third kappa shape index (κ3) is 2.93. The number of fused-ring (bicyclic) bond motifs is 1. The van der Waals surface area contributed by atoms with E-state index in [2.05, 4.69) is 9.97 Å². The van der Waals surface area contributed by atoms with Crippen molar-refractivity contribution in [3.05, 3.63) is 59.4 Å². The molecule has 0 aliphatic carbocycles. The first-order valence-corrected chi connectivity index (χ1v) is 7.09. The SMILES string of the molecule is CCOc1ccc(Cc2nc3ccc(C(=O)O)cc3[nH]2)cc1. The Kier molecular flexibility index (Phi) is 3.78. The summed E-state index contributed by atoms with van der Waals surface area (Å²) in [5.74, 6) is 0.716. The Morgan fingerprint density at radius 3 is 2.68 bits per heavy atom. The van der Waals surface area contributed by atoms with E-state index in [1.54, 1.807) is 18.2 Å². The number of benzene rings is 2. The van der Waals surface area contributed by atoms with Crippen molar-refractivity contribution >= 4 is 17.0 Å². The van der Waals surface area contributed by atoms with Crippen LogP contribution in [0.2, 0.25) is 0 Å². The van der Waals surface area contributed by atoms with Crippen LogP contribution >= 0.6 is 0 Å². The molecule has 3 rings (SSSR count). The molecule has 0 atom stereocenters. The van der Waals surface area contributed by atoms with Gasteiger partial charge in [-0.25, -0.2) is 9.78 Å². The molecule has 5 nitrogen and oxygen atoms in total. The number of ether oxygens (including phenoxy) is 1. The third-order valence-electron chi connectivity index (χ3n) is 3.38. The van der Waals surface area contributed by atoms with Crippen LogP contribution in [-0.2, 0) is 6.42 Å². The topological polar surface area (TPSA) is 75.2 Å². The fraction of sp³-hybridized carbons (Fsp3) is 0.176. The summed E-state index contributed by atoms with van der Waals surface area (Å²) in [7, 11) is 0. The standard InChI is InChI=1S/C17H16N2O3/c1-2-22-13-6-3-11(4-7-13)9-16-18-14-8-5-12(17(20)21)10-15(14)19-16/h3-8,10H,2,9H2,1H3,(H,18,19)(H,20,21). The molecule has 0 spiro atoms. The lowest BCUT2D eigenvalue weighted by atomic mass is 10.1. The van der Waals surface area contributed by atoms with Gasteiger partial charge in [-0.2, -0.15) is 0 Å². The van der Waals surface area contributed by atoms with E-state index < -0.39 is 5.97 Å². The number of carboxylic acids is 1. The molecule has 0 bridgehead atoms. The molecule has 0 aliphatic heterocycles. The van der Waals surface area contributed by atoms with Crippen molar-refractivity contribution in [1.82, 2.24) is 9.97 Å². The lowest BCUT2D eigenvalue weighted by Crippen LogP contribution is -1.94. The van der Waals surface area contributed by atoms with Crippen LogP contribution in [0.15, 0.2) is 42.5 Å². The fourth-order valence-corrected chi connectivity index (χ4v) is 2.34. The predicted molar refractivity (Wildman–Crippen MR) is 83.5 cm³/mol. The summed E-state index contributed by atoms with van der Waals surface area (Å²) in [6.07, 6.45) is 0.656. The monoisotopic (exact) mass is 296 g/mol. The van der Waals surface area contributed by atoms with Gasteiger partial charge in [-0.05, 0) is 42.8 Å². The van der Waals surface area contributed by atoms with Gasteiger partial charge in [-0.1, -0.05) is 12.1 Å². The molecule has 0 fully saturated rings. The number of nitrogens with one attached hydrogen (secondary N) is 1. The van der Waals surface area contributed by atoms with Crippen molar-refractivity contribution < 1.29 is 14.6 Å². The van der Waals surface area contributed by atoms with Gasteiger partial charge in [-0.15, -0.1) is 0 Å². The first-order chi connectivity index (χ1) is 10.7. The normalized spacial score (nSPS) is 10.8.